The first-order chi connectivity index (χ1) is 32.2. The zero-order valence-corrected chi connectivity index (χ0v) is 37.0. The van der Waals surface area contributed by atoms with Gasteiger partial charge in [-0.25, -0.2) is 0 Å². The van der Waals surface area contributed by atoms with Gasteiger partial charge in [-0.3, -0.25) is 0 Å². The van der Waals surface area contributed by atoms with Crippen LogP contribution >= 0.6 is 11.3 Å². The molecule has 0 saturated heterocycles. The number of rotatable bonds is 11. The van der Waals surface area contributed by atoms with Crippen LogP contribution < -0.4 is 9.80 Å². The topological polar surface area (TPSA) is 6.48 Å². The average Bonchev–Trinajstić information content (AvgIpc) is 3.79. The van der Waals surface area contributed by atoms with Crippen molar-refractivity contribution in [3.63, 3.8) is 0 Å². The lowest BCUT2D eigenvalue weighted by Crippen LogP contribution is -2.11. The maximum Gasteiger partial charge on any atom is 0.0540 e. The molecule has 0 aliphatic carbocycles. The van der Waals surface area contributed by atoms with E-state index in [2.05, 4.69) is 265 Å². The van der Waals surface area contributed by atoms with Crippen LogP contribution in [-0.2, 0) is 6.42 Å². The summed E-state index contributed by atoms with van der Waals surface area (Å²) in [5.74, 6) is 0. The fraction of sp³-hybridized carbons (Fsp3) is 0.0323. The fourth-order valence-electron chi connectivity index (χ4n) is 9.24. The number of fused-ring (bicyclic) bond motifs is 2. The second kappa shape index (κ2) is 17.7. The monoisotopic (exact) mass is 850 g/mol. The van der Waals surface area contributed by atoms with Gasteiger partial charge in [-0.15, -0.1) is 11.3 Å². The normalized spacial score (nSPS) is 11.2. The van der Waals surface area contributed by atoms with Crippen LogP contribution in [-0.4, -0.2) is 0 Å². The molecule has 65 heavy (non-hydrogen) atoms. The van der Waals surface area contributed by atoms with Crippen LogP contribution in [0.1, 0.15) is 12.5 Å². The van der Waals surface area contributed by atoms with E-state index in [1.807, 2.05) is 11.3 Å². The molecule has 10 aromatic carbocycles. The molecule has 0 radical (unpaired) electrons. The van der Waals surface area contributed by atoms with E-state index in [-0.39, 0.29) is 0 Å². The number of benzene rings is 10. The van der Waals surface area contributed by atoms with Crippen molar-refractivity contribution in [2.24, 2.45) is 0 Å². The minimum absolute atomic E-state index is 1.01. The number of aryl methyl sites for hydroxylation is 1. The van der Waals surface area contributed by atoms with Gasteiger partial charge in [0.05, 0.1) is 11.4 Å². The Labute approximate surface area is 385 Å². The first-order valence-corrected chi connectivity index (χ1v) is 23.2. The van der Waals surface area contributed by atoms with Crippen molar-refractivity contribution < 1.29 is 0 Å². The lowest BCUT2D eigenvalue weighted by atomic mass is 9.91. The summed E-state index contributed by atoms with van der Waals surface area (Å²) in [4.78, 5) is 7.26. The third-order valence-corrected chi connectivity index (χ3v) is 13.7. The molecule has 0 N–H and O–H groups in total. The predicted molar refractivity (Wildman–Crippen MR) is 280 cm³/mol. The third-order valence-electron chi connectivity index (χ3n) is 12.4. The van der Waals surface area contributed by atoms with Crippen LogP contribution in [0.4, 0.5) is 34.1 Å². The van der Waals surface area contributed by atoms with Crippen molar-refractivity contribution in [1.29, 1.82) is 0 Å². The smallest absolute Gasteiger partial charge is 0.0540 e. The Hall–Kier alpha value is -7.98. The van der Waals surface area contributed by atoms with Crippen LogP contribution in [0.25, 0.3) is 64.7 Å². The molecule has 0 bridgehead atoms. The van der Waals surface area contributed by atoms with Crippen LogP contribution in [0.3, 0.4) is 0 Å². The minimum atomic E-state index is 1.01. The molecule has 0 aliphatic rings. The van der Waals surface area contributed by atoms with Crippen molar-refractivity contribution in [1.82, 2.24) is 0 Å². The number of anilines is 6. The van der Waals surface area contributed by atoms with E-state index in [0.29, 0.717) is 0 Å². The molecule has 1 aromatic heterocycles. The second-order valence-corrected chi connectivity index (χ2v) is 17.4. The van der Waals surface area contributed by atoms with Crippen molar-refractivity contribution in [2.45, 2.75) is 13.3 Å². The van der Waals surface area contributed by atoms with E-state index in [1.165, 1.54) is 70.2 Å². The molecule has 310 valence electrons. The summed E-state index contributed by atoms with van der Waals surface area (Å²) in [6.07, 6.45) is 1.01. The second-order valence-electron chi connectivity index (χ2n) is 16.4. The van der Waals surface area contributed by atoms with Crippen LogP contribution in [0.2, 0.25) is 0 Å². The molecule has 2 nitrogen and oxygen atoms in total. The molecule has 11 rings (SSSR count). The van der Waals surface area contributed by atoms with E-state index >= 15 is 0 Å². The Balaban J connectivity index is 1.07. The number of thiophene rings is 1. The quantitative estimate of drug-likeness (QED) is 0.128. The van der Waals surface area contributed by atoms with Crippen molar-refractivity contribution in [2.75, 3.05) is 9.80 Å². The van der Waals surface area contributed by atoms with Gasteiger partial charge in [0.25, 0.3) is 0 Å². The largest absolute Gasteiger partial charge is 0.311 e. The molecule has 0 saturated carbocycles. The number of nitrogens with zero attached hydrogens (tertiary/aromatic N) is 2. The molecule has 0 fully saturated rings. The Morgan fingerprint density at radius 1 is 0.308 bits per heavy atom. The van der Waals surface area contributed by atoms with E-state index in [4.69, 9.17) is 0 Å². The highest BCUT2D eigenvalue weighted by molar-refractivity contribution is 7.20. The highest BCUT2D eigenvalue weighted by Crippen LogP contribution is 2.53. The summed E-state index contributed by atoms with van der Waals surface area (Å²) in [6, 6.07) is 90.4. The molecule has 0 spiro atoms. The Morgan fingerprint density at radius 3 is 1.14 bits per heavy atom. The van der Waals surface area contributed by atoms with Gasteiger partial charge in [0.2, 0.25) is 0 Å². The summed E-state index contributed by atoms with van der Waals surface area (Å²) in [5.41, 5.74) is 15.4. The van der Waals surface area contributed by atoms with E-state index in [1.54, 1.807) is 0 Å². The zero-order valence-electron chi connectivity index (χ0n) is 36.2. The standard InChI is InChI=1S/C62H46N2S/c1-2-44-32-38-52(39-33-44)63(51-26-10-5-11-27-51)53-40-34-49(35-41-53)61-59(47-20-6-3-7-21-47)60(48-22-8-4-9-23-48)62(65-61)50-36-42-54(43-37-50)64(57-30-16-24-45-18-12-14-28-55(45)57)58-31-17-25-46-19-13-15-29-56(46)58/h3-43H,2H2,1H3. The van der Waals surface area contributed by atoms with Gasteiger partial charge in [-0.05, 0) is 106 Å². The maximum atomic E-state index is 2.43. The lowest BCUT2D eigenvalue weighted by Gasteiger charge is -2.28. The SMILES string of the molecule is CCc1ccc(N(c2ccccc2)c2ccc(-c3sc(-c4ccc(N(c5cccc6ccccc56)c5cccc6ccccc56)cc4)c(-c4ccccc4)c3-c3ccccc3)cc2)cc1. The Bertz CT molecular complexity index is 3290. The number of para-hydroxylation sites is 1. The average molecular weight is 851 g/mol. The summed E-state index contributed by atoms with van der Waals surface area (Å²) in [6.45, 7) is 2.20. The Morgan fingerprint density at radius 2 is 0.677 bits per heavy atom. The molecule has 0 atom stereocenters. The molecular weight excluding hydrogens is 805 g/mol. The van der Waals surface area contributed by atoms with E-state index < -0.39 is 0 Å². The first kappa shape index (κ1) is 39.8. The van der Waals surface area contributed by atoms with Gasteiger partial charge in [0.15, 0.2) is 0 Å². The zero-order chi connectivity index (χ0) is 43.5. The van der Waals surface area contributed by atoms with Crippen molar-refractivity contribution in [3.05, 3.63) is 254 Å². The summed E-state index contributed by atoms with van der Waals surface area (Å²) in [5, 5.41) is 4.85. The summed E-state index contributed by atoms with van der Waals surface area (Å²) in [7, 11) is 0. The van der Waals surface area contributed by atoms with Crippen LogP contribution in [0.15, 0.2) is 249 Å². The molecule has 0 unspecified atom stereocenters. The molecule has 0 aliphatic heterocycles. The molecule has 1 heterocycles. The van der Waals surface area contributed by atoms with Crippen LogP contribution in [0.5, 0.6) is 0 Å². The van der Waals surface area contributed by atoms with Gasteiger partial charge < -0.3 is 9.80 Å². The molecule has 3 heteroatoms. The molecule has 0 amide bonds. The van der Waals surface area contributed by atoms with Crippen molar-refractivity contribution >= 4 is 67.0 Å². The highest BCUT2D eigenvalue weighted by Gasteiger charge is 2.25. The van der Waals surface area contributed by atoms with E-state index in [0.717, 1.165) is 40.5 Å². The van der Waals surface area contributed by atoms with Gasteiger partial charge in [-0.2, -0.15) is 0 Å². The van der Waals surface area contributed by atoms with E-state index in [9.17, 15) is 0 Å². The van der Waals surface area contributed by atoms with Gasteiger partial charge in [-0.1, -0.05) is 195 Å². The number of hydrogen-bond acceptors (Lipinski definition) is 3. The maximum absolute atomic E-state index is 2.43. The highest BCUT2D eigenvalue weighted by atomic mass is 32.1. The first-order valence-electron chi connectivity index (χ1n) is 22.4. The van der Waals surface area contributed by atoms with Gasteiger partial charge in [0.1, 0.15) is 0 Å². The summed E-state index contributed by atoms with van der Waals surface area (Å²) >= 11 is 1.88. The molecule has 11 aromatic rings. The minimum Gasteiger partial charge on any atom is -0.311 e. The van der Waals surface area contributed by atoms with Gasteiger partial charge >= 0.3 is 0 Å². The third kappa shape index (κ3) is 7.67. The molecular formula is C62H46N2S. The Kier molecular flexibility index (Phi) is 10.8. The van der Waals surface area contributed by atoms with Crippen molar-refractivity contribution in [3.8, 4) is 43.1 Å². The predicted octanol–water partition coefficient (Wildman–Crippen LogP) is 18.2. The lowest BCUT2D eigenvalue weighted by molar-refractivity contribution is 1.14. The summed E-state index contributed by atoms with van der Waals surface area (Å²) < 4.78 is 0. The van der Waals surface area contributed by atoms with Gasteiger partial charge in [0, 0.05) is 54.4 Å². The fourth-order valence-corrected chi connectivity index (χ4v) is 10.6. The number of hydrogen-bond donors (Lipinski definition) is 0. The van der Waals surface area contributed by atoms with Crippen LogP contribution in [0, 0.1) is 0 Å².